The van der Waals surface area contributed by atoms with Gasteiger partial charge in [-0.05, 0) is 38.0 Å². The molecule has 0 aromatic heterocycles. The van der Waals surface area contributed by atoms with Crippen molar-refractivity contribution in [2.45, 2.75) is 38.3 Å². The summed E-state index contributed by atoms with van der Waals surface area (Å²) in [4.78, 5) is 23.5. The Balaban J connectivity index is 1.73. The number of hydrogen-bond acceptors (Lipinski definition) is 5. The summed E-state index contributed by atoms with van der Waals surface area (Å²) in [6.07, 6.45) is 1.36. The summed E-state index contributed by atoms with van der Waals surface area (Å²) < 4.78 is 10.3. The van der Waals surface area contributed by atoms with E-state index >= 15 is 0 Å². The highest BCUT2D eigenvalue weighted by molar-refractivity contribution is 6.30. The highest BCUT2D eigenvalue weighted by Crippen LogP contribution is 2.27. The molecule has 23 heavy (non-hydrogen) atoms. The number of rotatable bonds is 8. The van der Waals surface area contributed by atoms with E-state index in [9.17, 15) is 9.59 Å². The number of carbonyl (C=O) groups excluding carboxylic acids is 2. The Bertz CT molecular complexity index is 575. The number of hydrogen-bond donors (Lipinski definition) is 2. The van der Waals surface area contributed by atoms with Gasteiger partial charge in [-0.25, -0.2) is 0 Å². The second kappa shape index (κ2) is 8.06. The van der Waals surface area contributed by atoms with E-state index in [1.54, 1.807) is 32.2 Å². The number of carbonyl (C=O) groups is 2. The lowest BCUT2D eigenvalue weighted by atomic mass is 10.3. The summed E-state index contributed by atoms with van der Waals surface area (Å²) in [6.45, 7) is 1.93. The van der Waals surface area contributed by atoms with Gasteiger partial charge in [-0.2, -0.15) is 0 Å². The molecule has 1 aromatic rings. The normalized spacial score (nSPS) is 14.7. The molecule has 1 amide bonds. The lowest BCUT2D eigenvalue weighted by Crippen LogP contribution is -2.37. The van der Waals surface area contributed by atoms with Crippen LogP contribution < -0.4 is 15.4 Å². The molecule has 0 radical (unpaired) electrons. The molecule has 1 aliphatic carbocycles. The maximum absolute atomic E-state index is 11.8. The monoisotopic (exact) mass is 340 g/mol. The van der Waals surface area contributed by atoms with Crippen molar-refractivity contribution in [3.8, 4) is 5.75 Å². The topological polar surface area (TPSA) is 76.7 Å². The molecule has 6 nitrogen and oxygen atoms in total. The first kappa shape index (κ1) is 17.4. The fourth-order valence-corrected chi connectivity index (χ4v) is 2.15. The third-order valence-electron chi connectivity index (χ3n) is 3.41. The standard InChI is InChI=1S/C16H21ClN2O4/c1-10(16(21)19-12-4-5-12)23-15(20)7-8-18-13-9-11(17)3-6-14(13)22-2/h3,6,9-10,12,18H,4-5,7-8H2,1-2H3,(H,19,21)/t10-/m1/s1. The average molecular weight is 341 g/mol. The van der Waals surface area contributed by atoms with Gasteiger partial charge in [0.2, 0.25) is 0 Å². The minimum atomic E-state index is -0.774. The van der Waals surface area contributed by atoms with Crippen LogP contribution in [0.3, 0.4) is 0 Å². The van der Waals surface area contributed by atoms with E-state index < -0.39 is 12.1 Å². The molecule has 1 atom stereocenters. The van der Waals surface area contributed by atoms with E-state index in [-0.39, 0.29) is 18.4 Å². The van der Waals surface area contributed by atoms with Crippen LogP contribution in [0.5, 0.6) is 5.75 Å². The Hall–Kier alpha value is -1.95. The van der Waals surface area contributed by atoms with Gasteiger partial charge >= 0.3 is 5.97 Å². The summed E-state index contributed by atoms with van der Waals surface area (Å²) in [5, 5.41) is 6.44. The van der Waals surface area contributed by atoms with Crippen molar-refractivity contribution in [3.63, 3.8) is 0 Å². The lowest BCUT2D eigenvalue weighted by Gasteiger charge is -2.14. The molecular weight excluding hydrogens is 320 g/mol. The first-order valence-electron chi connectivity index (χ1n) is 7.57. The number of methoxy groups -OCH3 is 1. The third-order valence-corrected chi connectivity index (χ3v) is 3.64. The summed E-state index contributed by atoms with van der Waals surface area (Å²) in [5.74, 6) is -0.0396. The molecule has 0 aliphatic heterocycles. The molecule has 1 aliphatic rings. The zero-order valence-corrected chi connectivity index (χ0v) is 14.0. The van der Waals surface area contributed by atoms with Crippen molar-refractivity contribution in [2.24, 2.45) is 0 Å². The maximum Gasteiger partial charge on any atom is 0.308 e. The fraction of sp³-hybridized carbons (Fsp3) is 0.500. The largest absolute Gasteiger partial charge is 0.495 e. The van der Waals surface area contributed by atoms with Crippen LogP contribution >= 0.6 is 11.6 Å². The highest BCUT2D eigenvalue weighted by atomic mass is 35.5. The second-order valence-corrected chi connectivity index (χ2v) is 5.87. The minimum absolute atomic E-state index is 0.136. The van der Waals surface area contributed by atoms with Crippen molar-refractivity contribution in [1.29, 1.82) is 0 Å². The molecule has 126 valence electrons. The molecule has 2 N–H and O–H groups in total. The van der Waals surface area contributed by atoms with Gasteiger partial charge in [0.1, 0.15) is 5.75 Å². The number of halogens is 1. The zero-order valence-electron chi connectivity index (χ0n) is 13.2. The molecule has 7 heteroatoms. The first-order valence-corrected chi connectivity index (χ1v) is 7.94. The Morgan fingerprint density at radius 2 is 2.13 bits per heavy atom. The number of esters is 1. The Morgan fingerprint density at radius 1 is 1.39 bits per heavy atom. The number of amides is 1. The zero-order chi connectivity index (χ0) is 16.8. The van der Waals surface area contributed by atoms with Crippen molar-refractivity contribution in [3.05, 3.63) is 23.2 Å². The van der Waals surface area contributed by atoms with Gasteiger partial charge in [0.15, 0.2) is 6.10 Å². The van der Waals surface area contributed by atoms with Gasteiger partial charge in [0.05, 0.1) is 19.2 Å². The van der Waals surface area contributed by atoms with Gasteiger partial charge in [0, 0.05) is 17.6 Å². The Morgan fingerprint density at radius 3 is 2.78 bits per heavy atom. The van der Waals surface area contributed by atoms with Gasteiger partial charge in [-0.3, -0.25) is 9.59 Å². The van der Waals surface area contributed by atoms with Crippen molar-refractivity contribution in [2.75, 3.05) is 19.0 Å². The van der Waals surface area contributed by atoms with Crippen LogP contribution in [0.25, 0.3) is 0 Å². The second-order valence-electron chi connectivity index (χ2n) is 5.44. The smallest absolute Gasteiger partial charge is 0.308 e. The first-order chi connectivity index (χ1) is 11.0. The summed E-state index contributed by atoms with van der Waals surface area (Å²) in [6, 6.07) is 5.44. The number of anilines is 1. The van der Waals surface area contributed by atoms with E-state index in [4.69, 9.17) is 21.1 Å². The molecule has 1 aromatic carbocycles. The molecular formula is C16H21ClN2O4. The minimum Gasteiger partial charge on any atom is -0.495 e. The number of ether oxygens (including phenoxy) is 2. The van der Waals surface area contributed by atoms with Crippen LogP contribution in [0, 0.1) is 0 Å². The molecule has 0 spiro atoms. The number of nitrogens with one attached hydrogen (secondary N) is 2. The summed E-state index contributed by atoms with van der Waals surface area (Å²) >= 11 is 5.93. The van der Waals surface area contributed by atoms with Crippen LogP contribution in [0.1, 0.15) is 26.2 Å². The van der Waals surface area contributed by atoms with Crippen LogP contribution in [0.15, 0.2) is 18.2 Å². The Labute approximate surface area is 140 Å². The van der Waals surface area contributed by atoms with Crippen LogP contribution in [-0.4, -0.2) is 37.7 Å². The predicted octanol–water partition coefficient (Wildman–Crippen LogP) is 2.36. The van der Waals surface area contributed by atoms with Crippen LogP contribution in [-0.2, 0) is 14.3 Å². The van der Waals surface area contributed by atoms with Gasteiger partial charge in [-0.15, -0.1) is 0 Å². The highest BCUT2D eigenvalue weighted by Gasteiger charge is 2.27. The lowest BCUT2D eigenvalue weighted by molar-refractivity contribution is -0.154. The molecule has 0 bridgehead atoms. The fourth-order valence-electron chi connectivity index (χ4n) is 1.97. The maximum atomic E-state index is 11.8. The van der Waals surface area contributed by atoms with E-state index in [1.165, 1.54) is 0 Å². The molecule has 2 rings (SSSR count). The SMILES string of the molecule is COc1ccc(Cl)cc1NCCC(=O)O[C@H](C)C(=O)NC1CC1. The summed E-state index contributed by atoms with van der Waals surface area (Å²) in [5.41, 5.74) is 0.701. The number of benzene rings is 1. The van der Waals surface area contributed by atoms with Crippen LogP contribution in [0.2, 0.25) is 5.02 Å². The third kappa shape index (κ3) is 5.63. The van der Waals surface area contributed by atoms with Crippen molar-refractivity contribution >= 4 is 29.2 Å². The van der Waals surface area contributed by atoms with Gasteiger partial charge in [-0.1, -0.05) is 11.6 Å². The van der Waals surface area contributed by atoms with E-state index in [2.05, 4.69) is 10.6 Å². The van der Waals surface area contributed by atoms with Crippen molar-refractivity contribution in [1.82, 2.24) is 5.32 Å². The quantitative estimate of drug-likeness (QED) is 0.710. The Kier molecular flexibility index (Phi) is 6.10. The predicted molar refractivity (Wildman–Crippen MR) is 87.8 cm³/mol. The summed E-state index contributed by atoms with van der Waals surface area (Å²) in [7, 11) is 1.56. The molecule has 0 heterocycles. The average Bonchev–Trinajstić information content (AvgIpc) is 3.31. The molecule has 1 saturated carbocycles. The van der Waals surface area contributed by atoms with E-state index in [1.807, 2.05) is 0 Å². The molecule has 1 fully saturated rings. The molecule has 0 unspecified atom stereocenters. The van der Waals surface area contributed by atoms with Crippen molar-refractivity contribution < 1.29 is 19.1 Å². The van der Waals surface area contributed by atoms with Crippen LogP contribution in [0.4, 0.5) is 5.69 Å². The van der Waals surface area contributed by atoms with Gasteiger partial charge in [0.25, 0.3) is 5.91 Å². The molecule has 0 saturated heterocycles. The van der Waals surface area contributed by atoms with E-state index in [0.717, 1.165) is 12.8 Å². The van der Waals surface area contributed by atoms with E-state index in [0.29, 0.717) is 23.0 Å². The van der Waals surface area contributed by atoms with Gasteiger partial charge < -0.3 is 20.1 Å².